The number of ketones is 1. The van der Waals surface area contributed by atoms with Crippen LogP contribution in [0.3, 0.4) is 0 Å². The molecule has 17 heavy (non-hydrogen) atoms. The van der Waals surface area contributed by atoms with Gasteiger partial charge in [0.05, 0.1) is 18.3 Å². The highest BCUT2D eigenvalue weighted by Crippen LogP contribution is 2.33. The van der Waals surface area contributed by atoms with Gasteiger partial charge in [-0.1, -0.05) is 12.8 Å². The molecule has 0 saturated heterocycles. The summed E-state index contributed by atoms with van der Waals surface area (Å²) in [6.45, 7) is 0. The third-order valence-corrected chi connectivity index (χ3v) is 4.25. The van der Waals surface area contributed by atoms with Crippen LogP contribution in [0.1, 0.15) is 44.9 Å². The minimum Gasteiger partial charge on any atom is -0.393 e. The predicted octanol–water partition coefficient (Wildman–Crippen LogP) is 0.629. The van der Waals surface area contributed by atoms with Crippen LogP contribution < -0.4 is 0 Å². The van der Waals surface area contributed by atoms with E-state index in [0.29, 0.717) is 25.7 Å². The number of carbonyl (C=O) groups excluding carboxylic acids is 1. The topological polar surface area (TPSA) is 77.8 Å². The quantitative estimate of drug-likeness (QED) is 0.663. The van der Waals surface area contributed by atoms with Crippen LogP contribution in [0.4, 0.5) is 0 Å². The van der Waals surface area contributed by atoms with Crippen molar-refractivity contribution in [3.05, 3.63) is 0 Å². The molecule has 0 radical (unpaired) electrons. The zero-order valence-electron chi connectivity index (χ0n) is 10.1. The zero-order chi connectivity index (χ0) is 12.4. The van der Waals surface area contributed by atoms with Crippen LogP contribution >= 0.6 is 0 Å². The van der Waals surface area contributed by atoms with E-state index in [1.165, 1.54) is 0 Å². The SMILES string of the molecule is O=C(C1CCCCC1O)C1CCC(O)CC1O. The van der Waals surface area contributed by atoms with Gasteiger partial charge >= 0.3 is 0 Å². The van der Waals surface area contributed by atoms with Gasteiger partial charge in [0.2, 0.25) is 0 Å². The summed E-state index contributed by atoms with van der Waals surface area (Å²) in [7, 11) is 0. The van der Waals surface area contributed by atoms with Gasteiger partial charge in [0, 0.05) is 11.8 Å². The van der Waals surface area contributed by atoms with E-state index >= 15 is 0 Å². The number of rotatable bonds is 2. The van der Waals surface area contributed by atoms with E-state index in [-0.39, 0.29) is 17.6 Å². The van der Waals surface area contributed by atoms with Gasteiger partial charge in [-0.3, -0.25) is 4.79 Å². The second kappa shape index (κ2) is 5.46. The van der Waals surface area contributed by atoms with Crippen LogP contribution in [0.5, 0.6) is 0 Å². The molecule has 0 spiro atoms. The minimum atomic E-state index is -0.736. The molecule has 0 aromatic carbocycles. The molecule has 2 rings (SSSR count). The van der Waals surface area contributed by atoms with Crippen LogP contribution in [0.2, 0.25) is 0 Å². The number of carbonyl (C=O) groups is 1. The first kappa shape index (κ1) is 13.0. The molecular formula is C13H22O4. The van der Waals surface area contributed by atoms with Crippen molar-refractivity contribution in [1.29, 1.82) is 0 Å². The first-order valence-electron chi connectivity index (χ1n) is 6.67. The lowest BCUT2D eigenvalue weighted by Crippen LogP contribution is -2.43. The molecule has 4 nitrogen and oxygen atoms in total. The maximum absolute atomic E-state index is 12.3. The van der Waals surface area contributed by atoms with E-state index in [9.17, 15) is 20.1 Å². The molecule has 2 aliphatic rings. The fourth-order valence-electron chi connectivity index (χ4n) is 3.18. The standard InChI is InChI=1S/C13H22O4/c14-8-5-6-10(12(16)7-8)13(17)9-3-1-2-4-11(9)15/h8-12,14-16H,1-7H2. The molecule has 98 valence electrons. The van der Waals surface area contributed by atoms with Crippen molar-refractivity contribution < 1.29 is 20.1 Å². The Kier molecular flexibility index (Phi) is 4.17. The summed E-state index contributed by atoms with van der Waals surface area (Å²) in [4.78, 5) is 12.3. The van der Waals surface area contributed by atoms with Crippen molar-refractivity contribution in [3.8, 4) is 0 Å². The molecule has 2 saturated carbocycles. The summed E-state index contributed by atoms with van der Waals surface area (Å²) in [5, 5.41) is 29.1. The second-order valence-corrected chi connectivity index (χ2v) is 5.50. The fourth-order valence-corrected chi connectivity index (χ4v) is 3.18. The summed E-state index contributed by atoms with van der Waals surface area (Å²) in [5.41, 5.74) is 0. The van der Waals surface area contributed by atoms with E-state index in [4.69, 9.17) is 0 Å². The number of hydrogen-bond acceptors (Lipinski definition) is 4. The largest absolute Gasteiger partial charge is 0.393 e. The highest BCUT2D eigenvalue weighted by Gasteiger charge is 2.39. The van der Waals surface area contributed by atoms with Crippen LogP contribution in [0, 0.1) is 11.8 Å². The summed E-state index contributed by atoms with van der Waals surface area (Å²) in [6, 6.07) is 0. The Morgan fingerprint density at radius 1 is 0.824 bits per heavy atom. The molecule has 2 fully saturated rings. The van der Waals surface area contributed by atoms with Crippen molar-refractivity contribution in [2.75, 3.05) is 0 Å². The highest BCUT2D eigenvalue weighted by atomic mass is 16.3. The summed E-state index contributed by atoms with van der Waals surface area (Å²) >= 11 is 0. The van der Waals surface area contributed by atoms with Gasteiger partial charge < -0.3 is 15.3 Å². The molecule has 0 aliphatic heterocycles. The molecular weight excluding hydrogens is 220 g/mol. The van der Waals surface area contributed by atoms with Crippen molar-refractivity contribution in [1.82, 2.24) is 0 Å². The van der Waals surface area contributed by atoms with Gasteiger partial charge in [-0.05, 0) is 32.1 Å². The first-order chi connectivity index (χ1) is 8.09. The lowest BCUT2D eigenvalue weighted by Gasteiger charge is -2.34. The van der Waals surface area contributed by atoms with Gasteiger partial charge in [-0.15, -0.1) is 0 Å². The lowest BCUT2D eigenvalue weighted by molar-refractivity contribution is -0.138. The maximum Gasteiger partial charge on any atom is 0.144 e. The van der Waals surface area contributed by atoms with Crippen molar-refractivity contribution >= 4 is 5.78 Å². The van der Waals surface area contributed by atoms with E-state index in [1.54, 1.807) is 0 Å². The molecule has 0 bridgehead atoms. The predicted molar refractivity (Wildman–Crippen MR) is 62.3 cm³/mol. The minimum absolute atomic E-state index is 0.0107. The van der Waals surface area contributed by atoms with Gasteiger partial charge in [0.15, 0.2) is 0 Å². The van der Waals surface area contributed by atoms with Crippen LogP contribution in [-0.2, 0) is 4.79 Å². The summed E-state index contributed by atoms with van der Waals surface area (Å²) in [5.74, 6) is -0.661. The average Bonchev–Trinajstić information content (AvgIpc) is 2.29. The van der Waals surface area contributed by atoms with Gasteiger partial charge in [-0.2, -0.15) is 0 Å². The Morgan fingerprint density at radius 2 is 1.47 bits per heavy atom. The van der Waals surface area contributed by atoms with Crippen molar-refractivity contribution in [2.24, 2.45) is 11.8 Å². The average molecular weight is 242 g/mol. The van der Waals surface area contributed by atoms with E-state index in [1.807, 2.05) is 0 Å². The van der Waals surface area contributed by atoms with E-state index in [2.05, 4.69) is 0 Å². The zero-order valence-corrected chi connectivity index (χ0v) is 10.1. The van der Waals surface area contributed by atoms with Crippen molar-refractivity contribution in [2.45, 2.75) is 63.3 Å². The highest BCUT2D eigenvalue weighted by molar-refractivity contribution is 5.84. The summed E-state index contributed by atoms with van der Waals surface area (Å²) < 4.78 is 0. The smallest absolute Gasteiger partial charge is 0.144 e. The first-order valence-corrected chi connectivity index (χ1v) is 6.67. The Labute approximate surface area is 102 Å². The Morgan fingerprint density at radius 3 is 2.12 bits per heavy atom. The molecule has 2 aliphatic carbocycles. The number of aliphatic hydroxyl groups is 3. The monoisotopic (exact) mass is 242 g/mol. The molecule has 0 amide bonds. The fraction of sp³-hybridized carbons (Fsp3) is 0.923. The lowest BCUT2D eigenvalue weighted by atomic mass is 9.73. The van der Waals surface area contributed by atoms with Gasteiger partial charge in [0.25, 0.3) is 0 Å². The molecule has 0 heterocycles. The van der Waals surface area contributed by atoms with Crippen LogP contribution in [-0.4, -0.2) is 39.4 Å². The molecule has 5 atom stereocenters. The van der Waals surface area contributed by atoms with E-state index in [0.717, 1.165) is 19.3 Å². The van der Waals surface area contributed by atoms with Crippen LogP contribution in [0.25, 0.3) is 0 Å². The Balaban J connectivity index is 1.98. The van der Waals surface area contributed by atoms with E-state index < -0.39 is 18.3 Å². The third kappa shape index (κ3) is 2.87. The Hall–Kier alpha value is -0.450. The third-order valence-electron chi connectivity index (χ3n) is 4.25. The van der Waals surface area contributed by atoms with Gasteiger partial charge in [0.1, 0.15) is 5.78 Å². The number of hydrogen-bond donors (Lipinski definition) is 3. The second-order valence-electron chi connectivity index (χ2n) is 5.50. The normalized spacial score (nSPS) is 43.4. The maximum atomic E-state index is 12.3. The van der Waals surface area contributed by atoms with Gasteiger partial charge in [-0.25, -0.2) is 0 Å². The van der Waals surface area contributed by atoms with Crippen LogP contribution in [0.15, 0.2) is 0 Å². The molecule has 3 N–H and O–H groups in total. The molecule has 0 aromatic heterocycles. The van der Waals surface area contributed by atoms with Crippen molar-refractivity contribution in [3.63, 3.8) is 0 Å². The molecule has 5 unspecified atom stereocenters. The number of aliphatic hydroxyl groups excluding tert-OH is 3. The number of Topliss-reactive ketones (excluding diaryl/α,β-unsaturated/α-hetero) is 1. The summed E-state index contributed by atoms with van der Waals surface area (Å²) in [6.07, 6.45) is 3.07. The molecule has 0 aromatic rings. The molecule has 4 heteroatoms. The Bertz CT molecular complexity index is 279.